The smallest absolute Gasteiger partial charge is 0.337 e. The van der Waals surface area contributed by atoms with Gasteiger partial charge in [-0.15, -0.1) is 0 Å². The average Bonchev–Trinajstić information content (AvgIpc) is 1.80. The first-order valence-electron chi connectivity index (χ1n) is 2.04. The van der Waals surface area contributed by atoms with Gasteiger partial charge in [0.15, 0.2) is 0 Å². The molecule has 0 unspecified atom stereocenters. The first kappa shape index (κ1) is 9.18. The summed E-state index contributed by atoms with van der Waals surface area (Å²) in [4.78, 5) is 16.9. The summed E-state index contributed by atoms with van der Waals surface area (Å²) in [5.41, 5.74) is 1.29. The van der Waals surface area contributed by atoms with Crippen LogP contribution in [0.1, 0.15) is 0 Å². The Morgan fingerprint density at radius 1 is 1.50 bits per heavy atom. The van der Waals surface area contributed by atoms with E-state index in [1.807, 2.05) is 0 Å². The van der Waals surface area contributed by atoms with Crippen LogP contribution in [0, 0.1) is 0 Å². The number of rotatable bonds is 2. The largest absolute Gasteiger partial charge is 0.492 e. The minimum Gasteiger partial charge on any atom is -0.337 e. The number of hydrogen-bond acceptors (Lipinski definition) is 4. The highest BCUT2D eigenvalue weighted by Crippen LogP contribution is 2.15. The molecule has 0 aromatic carbocycles. The average molecular weight is 159 g/mol. The molecule has 0 aliphatic heterocycles. The number of hydrogen-bond donors (Lipinski definition) is 1. The van der Waals surface area contributed by atoms with E-state index < -0.39 is 12.1 Å². The highest BCUT2D eigenvalue weighted by atomic mass is 19.4. The van der Waals surface area contributed by atoms with E-state index >= 15 is 0 Å². The summed E-state index contributed by atoms with van der Waals surface area (Å²) < 4.78 is 33.6. The first-order valence-corrected chi connectivity index (χ1v) is 2.04. The molecule has 1 N–H and O–H groups in total. The second kappa shape index (κ2) is 3.37. The Bertz CT molecular complexity index is 123. The van der Waals surface area contributed by atoms with E-state index in [4.69, 9.17) is 0 Å². The predicted octanol–water partition coefficient (Wildman–Crippen LogP) is 0.158. The Morgan fingerprint density at radius 3 is 2.30 bits per heavy atom. The Morgan fingerprint density at radius 2 is 2.00 bits per heavy atom. The number of carbonyl (C=O) groups is 1. The van der Waals surface area contributed by atoms with Gasteiger partial charge in [0.05, 0.1) is 7.11 Å². The van der Waals surface area contributed by atoms with Crippen LogP contribution < -0.4 is 5.64 Å². The number of nitrogens with one attached hydrogen (secondary N) is 1. The van der Waals surface area contributed by atoms with Gasteiger partial charge in [0.2, 0.25) is 0 Å². The van der Waals surface area contributed by atoms with Gasteiger partial charge in [-0.3, -0.25) is 4.84 Å². The molecular formula is C3H4F3NO3. The van der Waals surface area contributed by atoms with Gasteiger partial charge >= 0.3 is 12.1 Å². The Labute approximate surface area is 53.8 Å². The van der Waals surface area contributed by atoms with Crippen LogP contribution in [0.5, 0.6) is 0 Å². The molecule has 0 amide bonds. The van der Waals surface area contributed by atoms with E-state index in [-0.39, 0.29) is 0 Å². The van der Waals surface area contributed by atoms with E-state index in [0.717, 1.165) is 7.11 Å². The quantitative estimate of drug-likeness (QED) is 0.583. The molecular weight excluding hydrogens is 155 g/mol. The van der Waals surface area contributed by atoms with Crippen molar-refractivity contribution in [1.29, 1.82) is 0 Å². The molecule has 0 rings (SSSR count). The minimum atomic E-state index is -4.99. The van der Waals surface area contributed by atoms with Crippen molar-refractivity contribution in [3.63, 3.8) is 0 Å². The third-order valence-corrected chi connectivity index (χ3v) is 0.449. The van der Waals surface area contributed by atoms with Gasteiger partial charge < -0.3 is 4.84 Å². The molecule has 0 spiro atoms. The summed E-state index contributed by atoms with van der Waals surface area (Å²) in [5.74, 6) is -2.35. The molecule has 0 aliphatic rings. The molecule has 0 saturated carbocycles. The maximum absolute atomic E-state index is 11.2. The first-order chi connectivity index (χ1) is 4.48. The molecule has 0 fully saturated rings. The van der Waals surface area contributed by atoms with Gasteiger partial charge in [0.25, 0.3) is 0 Å². The van der Waals surface area contributed by atoms with E-state index in [9.17, 15) is 18.0 Å². The van der Waals surface area contributed by atoms with Crippen molar-refractivity contribution in [3.8, 4) is 0 Å². The van der Waals surface area contributed by atoms with E-state index in [1.165, 1.54) is 5.64 Å². The van der Waals surface area contributed by atoms with Crippen LogP contribution in [-0.4, -0.2) is 19.3 Å². The summed E-state index contributed by atoms with van der Waals surface area (Å²) in [6, 6.07) is 0. The lowest BCUT2D eigenvalue weighted by atomic mass is 10.7. The minimum absolute atomic E-state index is 1.00. The molecule has 0 aromatic heterocycles. The van der Waals surface area contributed by atoms with Crippen LogP contribution in [0.3, 0.4) is 0 Å². The maximum Gasteiger partial charge on any atom is 0.492 e. The molecule has 0 atom stereocenters. The monoisotopic (exact) mass is 159 g/mol. The van der Waals surface area contributed by atoms with Gasteiger partial charge in [-0.25, -0.2) is 4.79 Å². The summed E-state index contributed by atoms with van der Waals surface area (Å²) in [5, 5.41) is 0. The summed E-state index contributed by atoms with van der Waals surface area (Å²) >= 11 is 0. The highest BCUT2D eigenvalue weighted by molar-refractivity contribution is 5.75. The molecule has 0 bridgehead atoms. The molecule has 0 heterocycles. The van der Waals surface area contributed by atoms with Crippen LogP contribution in [0.2, 0.25) is 0 Å². The van der Waals surface area contributed by atoms with Crippen molar-refractivity contribution in [2.24, 2.45) is 0 Å². The van der Waals surface area contributed by atoms with Crippen LogP contribution >= 0.6 is 0 Å². The molecule has 60 valence electrons. The predicted molar refractivity (Wildman–Crippen MR) is 22.3 cm³/mol. The maximum atomic E-state index is 11.2. The van der Waals surface area contributed by atoms with Crippen molar-refractivity contribution < 1.29 is 27.6 Å². The van der Waals surface area contributed by atoms with Crippen molar-refractivity contribution in [2.75, 3.05) is 7.11 Å². The van der Waals surface area contributed by atoms with Crippen LogP contribution in [0.25, 0.3) is 0 Å². The fourth-order valence-corrected chi connectivity index (χ4v) is 0.137. The van der Waals surface area contributed by atoms with Crippen molar-refractivity contribution >= 4 is 5.97 Å². The van der Waals surface area contributed by atoms with Crippen molar-refractivity contribution in [3.05, 3.63) is 0 Å². The Balaban J connectivity index is 3.64. The molecule has 0 radical (unpaired) electrons. The molecule has 0 aromatic rings. The van der Waals surface area contributed by atoms with Gasteiger partial charge in [-0.1, -0.05) is 0 Å². The summed E-state index contributed by atoms with van der Waals surface area (Å²) in [7, 11) is 1.00. The standard InChI is InChI=1S/C3H4F3NO3/c1-9-7-10-2(8)3(4,5)6/h7H,1H3. The zero-order valence-corrected chi connectivity index (χ0v) is 4.86. The second-order valence-electron chi connectivity index (χ2n) is 1.17. The fourth-order valence-electron chi connectivity index (χ4n) is 0.137. The molecule has 7 heteroatoms. The Hall–Kier alpha value is -0.820. The SMILES string of the molecule is CONOC(=O)C(F)(F)F. The van der Waals surface area contributed by atoms with Crippen LogP contribution in [0.4, 0.5) is 13.2 Å². The van der Waals surface area contributed by atoms with Crippen molar-refractivity contribution in [1.82, 2.24) is 5.64 Å². The van der Waals surface area contributed by atoms with Gasteiger partial charge in [0.1, 0.15) is 0 Å². The number of carbonyl (C=O) groups excluding carboxylic acids is 1. The second-order valence-corrected chi connectivity index (χ2v) is 1.17. The van der Waals surface area contributed by atoms with Crippen LogP contribution in [-0.2, 0) is 14.5 Å². The van der Waals surface area contributed by atoms with E-state index in [0.29, 0.717) is 0 Å². The van der Waals surface area contributed by atoms with Gasteiger partial charge in [-0.2, -0.15) is 13.2 Å². The van der Waals surface area contributed by atoms with Gasteiger partial charge in [0, 0.05) is 0 Å². The lowest BCUT2D eigenvalue weighted by Gasteiger charge is -2.04. The third kappa shape index (κ3) is 3.25. The Kier molecular flexibility index (Phi) is 3.10. The fraction of sp³-hybridized carbons (Fsp3) is 0.667. The summed E-state index contributed by atoms with van der Waals surface area (Å²) in [6.07, 6.45) is -4.99. The molecule has 0 aliphatic carbocycles. The number of alkyl halides is 3. The number of halogens is 3. The summed E-state index contributed by atoms with van der Waals surface area (Å²) in [6.45, 7) is 0. The highest BCUT2D eigenvalue weighted by Gasteiger charge is 2.41. The molecule has 0 saturated heterocycles. The van der Waals surface area contributed by atoms with Crippen molar-refractivity contribution in [2.45, 2.75) is 6.18 Å². The van der Waals surface area contributed by atoms with E-state index in [2.05, 4.69) is 9.68 Å². The lowest BCUT2D eigenvalue weighted by molar-refractivity contribution is -0.230. The van der Waals surface area contributed by atoms with Gasteiger partial charge in [-0.05, 0) is 5.64 Å². The third-order valence-electron chi connectivity index (χ3n) is 0.449. The zero-order valence-electron chi connectivity index (χ0n) is 4.86. The molecule has 10 heavy (non-hydrogen) atoms. The molecule has 4 nitrogen and oxygen atoms in total. The topological polar surface area (TPSA) is 47.6 Å². The normalized spacial score (nSPS) is 11.2. The zero-order chi connectivity index (χ0) is 8.20. The lowest BCUT2D eigenvalue weighted by Crippen LogP contribution is -2.30. The van der Waals surface area contributed by atoms with E-state index in [1.54, 1.807) is 0 Å². The van der Waals surface area contributed by atoms with Crippen LogP contribution in [0.15, 0.2) is 0 Å².